The van der Waals surface area contributed by atoms with E-state index in [0.717, 1.165) is 17.8 Å². The molecule has 0 aromatic heterocycles. The maximum absolute atomic E-state index is 2.56. The average Bonchev–Trinajstić information content (AvgIpc) is 3.37. The number of anilines is 3. The van der Waals surface area contributed by atoms with Gasteiger partial charge in [-0.15, -0.1) is 0 Å². The normalized spacial score (nSPS) is 23.8. The first-order valence-corrected chi connectivity index (χ1v) is 19.5. The minimum absolute atomic E-state index is 0.0920. The highest BCUT2D eigenvalue weighted by Crippen LogP contribution is 2.61. The van der Waals surface area contributed by atoms with Crippen LogP contribution in [0.1, 0.15) is 94.4 Å². The lowest BCUT2D eigenvalue weighted by atomic mass is 9.48. The van der Waals surface area contributed by atoms with Crippen LogP contribution in [0.15, 0.2) is 127 Å². The molecule has 6 aromatic carbocycles. The summed E-state index contributed by atoms with van der Waals surface area (Å²) in [6.07, 6.45) is 8.61. The van der Waals surface area contributed by atoms with Crippen LogP contribution in [0.2, 0.25) is 0 Å². The Bertz CT molecular complexity index is 2250. The highest BCUT2D eigenvalue weighted by molar-refractivity contribution is 5.99. The third-order valence-corrected chi connectivity index (χ3v) is 13.6. The molecule has 0 aliphatic heterocycles. The first-order chi connectivity index (χ1) is 24.8. The molecular formula is C50H49N. The predicted octanol–water partition coefficient (Wildman–Crippen LogP) is 13.9. The standard InChI is InChI=1S/C50H49N/c1-32(2)42-15-10-16-45-48(42)43-22-21-41(28-46(43)49(45,3)4)51(47-27-38-14-9-8-13-37(38)26-44(47)36-11-6-5-7-12-36)40-19-17-39(18-20-40)50-29-33-23-34(30-50)25-35(24-33)31-50/h5-22,26-28,32-35H,23-25,29-31H2,1-4H3. The fourth-order valence-corrected chi connectivity index (χ4v) is 11.5. The van der Waals surface area contributed by atoms with Crippen LogP contribution >= 0.6 is 0 Å². The van der Waals surface area contributed by atoms with E-state index in [1.165, 1.54) is 105 Å². The number of fused-ring (bicyclic) bond motifs is 4. The molecule has 4 fully saturated rings. The van der Waals surface area contributed by atoms with Gasteiger partial charge in [0.1, 0.15) is 0 Å². The van der Waals surface area contributed by atoms with Crippen molar-refractivity contribution in [1.29, 1.82) is 0 Å². The van der Waals surface area contributed by atoms with Gasteiger partial charge in [0.25, 0.3) is 0 Å². The van der Waals surface area contributed by atoms with Gasteiger partial charge in [0.05, 0.1) is 5.69 Å². The molecule has 0 radical (unpaired) electrons. The summed E-state index contributed by atoms with van der Waals surface area (Å²) >= 11 is 0. The van der Waals surface area contributed by atoms with Gasteiger partial charge in [0.15, 0.2) is 0 Å². The number of hydrogen-bond acceptors (Lipinski definition) is 1. The molecule has 0 amide bonds. The minimum atomic E-state index is -0.0920. The molecule has 0 N–H and O–H groups in total. The highest BCUT2D eigenvalue weighted by Gasteiger charge is 2.51. The summed E-state index contributed by atoms with van der Waals surface area (Å²) in [6, 6.07) is 48.8. The Hall–Kier alpha value is -4.62. The summed E-state index contributed by atoms with van der Waals surface area (Å²) in [4.78, 5) is 2.56. The lowest BCUT2D eigenvalue weighted by Crippen LogP contribution is -2.48. The Kier molecular flexibility index (Phi) is 6.99. The number of nitrogens with zero attached hydrogens (tertiary/aromatic N) is 1. The van der Waals surface area contributed by atoms with Gasteiger partial charge in [-0.3, -0.25) is 0 Å². The zero-order chi connectivity index (χ0) is 34.5. The Balaban J connectivity index is 1.17. The Labute approximate surface area is 304 Å². The molecular weight excluding hydrogens is 615 g/mol. The highest BCUT2D eigenvalue weighted by atomic mass is 15.1. The zero-order valence-corrected chi connectivity index (χ0v) is 30.6. The number of rotatable bonds is 6. The molecule has 5 aliphatic carbocycles. The van der Waals surface area contributed by atoms with E-state index in [1.54, 1.807) is 5.56 Å². The van der Waals surface area contributed by atoms with Crippen molar-refractivity contribution in [2.45, 2.75) is 83.0 Å². The van der Waals surface area contributed by atoms with Gasteiger partial charge in [-0.2, -0.15) is 0 Å². The second kappa shape index (κ2) is 11.4. The van der Waals surface area contributed by atoms with E-state index >= 15 is 0 Å². The molecule has 0 spiro atoms. The van der Waals surface area contributed by atoms with Crippen molar-refractivity contribution in [3.05, 3.63) is 150 Å². The van der Waals surface area contributed by atoms with Crippen molar-refractivity contribution in [3.63, 3.8) is 0 Å². The molecule has 4 bridgehead atoms. The van der Waals surface area contributed by atoms with Gasteiger partial charge < -0.3 is 4.90 Å². The van der Waals surface area contributed by atoms with Crippen molar-refractivity contribution < 1.29 is 0 Å². The molecule has 1 heteroatoms. The van der Waals surface area contributed by atoms with E-state index in [1.807, 2.05) is 0 Å². The van der Waals surface area contributed by atoms with Gasteiger partial charge >= 0.3 is 0 Å². The molecule has 254 valence electrons. The van der Waals surface area contributed by atoms with Gasteiger partial charge in [-0.05, 0) is 154 Å². The third kappa shape index (κ3) is 4.87. The van der Waals surface area contributed by atoms with Crippen LogP contribution in [-0.4, -0.2) is 0 Å². The molecule has 6 aromatic rings. The second-order valence-corrected chi connectivity index (χ2v) is 17.4. The lowest BCUT2D eigenvalue weighted by molar-refractivity contribution is -0.00518. The fourth-order valence-electron chi connectivity index (χ4n) is 11.5. The second-order valence-electron chi connectivity index (χ2n) is 17.4. The third-order valence-electron chi connectivity index (χ3n) is 13.6. The fraction of sp³-hybridized carbons (Fsp3) is 0.320. The maximum Gasteiger partial charge on any atom is 0.0546 e. The van der Waals surface area contributed by atoms with Crippen molar-refractivity contribution in [1.82, 2.24) is 0 Å². The summed E-state index contributed by atoms with van der Waals surface area (Å²) < 4.78 is 0. The van der Waals surface area contributed by atoms with E-state index in [0.29, 0.717) is 11.3 Å². The average molecular weight is 664 g/mol. The van der Waals surface area contributed by atoms with E-state index in [-0.39, 0.29) is 5.41 Å². The number of hydrogen-bond donors (Lipinski definition) is 0. The summed E-state index contributed by atoms with van der Waals surface area (Å²) in [5.74, 6) is 3.28. The summed E-state index contributed by atoms with van der Waals surface area (Å²) in [5, 5.41) is 2.53. The zero-order valence-electron chi connectivity index (χ0n) is 30.6. The molecule has 5 aliphatic rings. The molecule has 4 saturated carbocycles. The van der Waals surface area contributed by atoms with Gasteiger partial charge in [-0.25, -0.2) is 0 Å². The van der Waals surface area contributed by atoms with Crippen LogP contribution in [0.4, 0.5) is 17.1 Å². The first-order valence-electron chi connectivity index (χ1n) is 19.5. The van der Waals surface area contributed by atoms with Crippen molar-refractivity contribution in [2.75, 3.05) is 4.90 Å². The Morgan fingerprint density at radius 1 is 0.569 bits per heavy atom. The van der Waals surface area contributed by atoms with E-state index in [4.69, 9.17) is 0 Å². The first kappa shape index (κ1) is 31.1. The van der Waals surface area contributed by atoms with Gasteiger partial charge in [0.2, 0.25) is 0 Å². The van der Waals surface area contributed by atoms with Crippen LogP contribution in [0.5, 0.6) is 0 Å². The van der Waals surface area contributed by atoms with Crippen LogP contribution in [0.25, 0.3) is 33.0 Å². The molecule has 11 rings (SSSR count). The lowest BCUT2D eigenvalue weighted by Gasteiger charge is -2.57. The predicted molar refractivity (Wildman–Crippen MR) is 216 cm³/mol. The summed E-state index contributed by atoms with van der Waals surface area (Å²) in [5.41, 5.74) is 15.2. The quantitative estimate of drug-likeness (QED) is 0.171. The van der Waals surface area contributed by atoms with E-state index in [2.05, 4.69) is 160 Å². The maximum atomic E-state index is 2.56. The molecule has 51 heavy (non-hydrogen) atoms. The topological polar surface area (TPSA) is 3.24 Å². The molecule has 0 atom stereocenters. The molecule has 0 saturated heterocycles. The van der Waals surface area contributed by atoms with Crippen molar-refractivity contribution in [3.8, 4) is 22.3 Å². The van der Waals surface area contributed by atoms with Crippen LogP contribution in [0, 0.1) is 17.8 Å². The Morgan fingerprint density at radius 3 is 1.86 bits per heavy atom. The molecule has 1 nitrogen and oxygen atoms in total. The van der Waals surface area contributed by atoms with Crippen LogP contribution in [0.3, 0.4) is 0 Å². The summed E-state index contributed by atoms with van der Waals surface area (Å²) in [6.45, 7) is 9.49. The monoisotopic (exact) mass is 663 g/mol. The molecule has 0 heterocycles. The van der Waals surface area contributed by atoms with Crippen LogP contribution in [-0.2, 0) is 10.8 Å². The van der Waals surface area contributed by atoms with E-state index in [9.17, 15) is 0 Å². The van der Waals surface area contributed by atoms with Gasteiger partial charge in [-0.1, -0.05) is 119 Å². The number of benzene rings is 6. The van der Waals surface area contributed by atoms with Crippen LogP contribution < -0.4 is 4.90 Å². The van der Waals surface area contributed by atoms with Crippen molar-refractivity contribution in [2.24, 2.45) is 17.8 Å². The van der Waals surface area contributed by atoms with E-state index < -0.39 is 0 Å². The molecule has 0 unspecified atom stereocenters. The van der Waals surface area contributed by atoms with Gasteiger partial charge in [0, 0.05) is 22.4 Å². The summed E-state index contributed by atoms with van der Waals surface area (Å²) in [7, 11) is 0. The van der Waals surface area contributed by atoms with Crippen molar-refractivity contribution >= 4 is 27.8 Å². The largest absolute Gasteiger partial charge is 0.310 e. The smallest absolute Gasteiger partial charge is 0.0546 e. The Morgan fingerprint density at radius 2 is 1.20 bits per heavy atom. The minimum Gasteiger partial charge on any atom is -0.310 e. The SMILES string of the molecule is CC(C)c1cccc2c1-c1ccc(N(c3ccc(C45CC6CC(CC(C6)C4)C5)cc3)c3cc4ccccc4cc3-c3ccccc3)cc1C2(C)C.